The van der Waals surface area contributed by atoms with Crippen LogP contribution in [0.2, 0.25) is 0 Å². The molecule has 0 aliphatic carbocycles. The lowest BCUT2D eigenvalue weighted by molar-refractivity contribution is -0.161. The van der Waals surface area contributed by atoms with Gasteiger partial charge in [0, 0.05) is 13.6 Å². The molecule has 9 nitrogen and oxygen atoms in total. The number of esters is 1. The quantitative estimate of drug-likeness (QED) is 0.454. The molecular weight excluding hydrogens is 282 g/mol. The third-order valence-corrected chi connectivity index (χ3v) is 3.45. The fourth-order valence-electron chi connectivity index (χ4n) is 2.28. The van der Waals surface area contributed by atoms with Gasteiger partial charge in [-0.25, -0.2) is 9.59 Å². The van der Waals surface area contributed by atoms with Gasteiger partial charge in [0.15, 0.2) is 6.04 Å². The van der Waals surface area contributed by atoms with Crippen LogP contribution in [0.1, 0.15) is 0 Å². The highest BCUT2D eigenvalue weighted by Crippen LogP contribution is 2.12. The normalized spacial score (nSPS) is 22.8. The third kappa shape index (κ3) is 2.97. The molecule has 0 spiro atoms. The summed E-state index contributed by atoms with van der Waals surface area (Å²) in [4.78, 5) is 50.7. The van der Waals surface area contributed by atoms with Gasteiger partial charge < -0.3 is 19.3 Å². The fourth-order valence-corrected chi connectivity index (χ4v) is 2.28. The van der Waals surface area contributed by atoms with Crippen molar-refractivity contribution in [2.75, 3.05) is 47.0 Å². The molecule has 2 saturated heterocycles. The SMILES string of the molecule is COC(=O)C1COCCN1C(=O)CN1C(=O)CN(C)C1=O. The second kappa shape index (κ2) is 6.08. The number of morpholine rings is 1. The van der Waals surface area contributed by atoms with Crippen LogP contribution in [0.25, 0.3) is 0 Å². The molecule has 0 aromatic rings. The van der Waals surface area contributed by atoms with Gasteiger partial charge >= 0.3 is 12.0 Å². The molecule has 116 valence electrons. The summed E-state index contributed by atoms with van der Waals surface area (Å²) in [5, 5.41) is 0. The molecule has 0 radical (unpaired) electrons. The summed E-state index contributed by atoms with van der Waals surface area (Å²) in [7, 11) is 2.71. The molecule has 2 rings (SSSR count). The van der Waals surface area contributed by atoms with Crippen molar-refractivity contribution in [1.82, 2.24) is 14.7 Å². The molecule has 9 heteroatoms. The summed E-state index contributed by atoms with van der Waals surface area (Å²) in [6, 6.07) is -1.36. The zero-order valence-corrected chi connectivity index (χ0v) is 11.9. The minimum Gasteiger partial charge on any atom is -0.467 e. The van der Waals surface area contributed by atoms with E-state index in [1.54, 1.807) is 0 Å². The van der Waals surface area contributed by atoms with Gasteiger partial charge in [-0.05, 0) is 0 Å². The molecule has 21 heavy (non-hydrogen) atoms. The van der Waals surface area contributed by atoms with E-state index in [0.717, 1.165) is 4.90 Å². The van der Waals surface area contributed by atoms with Crippen LogP contribution in [0.5, 0.6) is 0 Å². The van der Waals surface area contributed by atoms with Crippen molar-refractivity contribution in [3.8, 4) is 0 Å². The highest BCUT2D eigenvalue weighted by molar-refractivity contribution is 6.04. The van der Waals surface area contributed by atoms with Crippen LogP contribution in [0.4, 0.5) is 4.79 Å². The van der Waals surface area contributed by atoms with E-state index in [1.165, 1.54) is 24.0 Å². The maximum absolute atomic E-state index is 12.3. The number of hydrogen-bond donors (Lipinski definition) is 0. The summed E-state index contributed by atoms with van der Waals surface area (Å²) >= 11 is 0. The van der Waals surface area contributed by atoms with E-state index < -0.39 is 29.9 Å². The predicted octanol–water partition coefficient (Wildman–Crippen LogP) is -1.72. The largest absolute Gasteiger partial charge is 0.467 e. The van der Waals surface area contributed by atoms with Crippen LogP contribution in [0.15, 0.2) is 0 Å². The molecule has 0 N–H and O–H groups in total. The van der Waals surface area contributed by atoms with E-state index >= 15 is 0 Å². The Morgan fingerprint density at radius 1 is 1.38 bits per heavy atom. The van der Waals surface area contributed by atoms with Gasteiger partial charge in [0.05, 0.1) is 20.3 Å². The maximum atomic E-state index is 12.3. The number of carbonyl (C=O) groups excluding carboxylic acids is 4. The van der Waals surface area contributed by atoms with E-state index in [1.807, 2.05) is 0 Å². The number of carbonyl (C=O) groups is 4. The topological polar surface area (TPSA) is 96.5 Å². The van der Waals surface area contributed by atoms with Gasteiger partial charge in [-0.1, -0.05) is 0 Å². The Bertz CT molecular complexity index is 480. The van der Waals surface area contributed by atoms with E-state index in [2.05, 4.69) is 4.74 Å². The number of methoxy groups -OCH3 is 1. The molecule has 0 saturated carbocycles. The minimum absolute atomic E-state index is 0.0419. The fraction of sp³-hybridized carbons (Fsp3) is 0.667. The first-order valence-corrected chi connectivity index (χ1v) is 6.46. The van der Waals surface area contributed by atoms with Gasteiger partial charge in [-0.3, -0.25) is 14.5 Å². The van der Waals surface area contributed by atoms with Gasteiger partial charge in [-0.15, -0.1) is 0 Å². The Hall–Kier alpha value is -2.16. The number of rotatable bonds is 3. The number of likely N-dealkylation sites (N-methyl/N-ethyl adjacent to an activating group) is 1. The second-order valence-corrected chi connectivity index (χ2v) is 4.82. The molecule has 2 aliphatic rings. The molecule has 2 fully saturated rings. The first kappa shape index (κ1) is 15.2. The average molecular weight is 299 g/mol. The van der Waals surface area contributed by atoms with Crippen molar-refractivity contribution in [1.29, 1.82) is 0 Å². The van der Waals surface area contributed by atoms with Crippen molar-refractivity contribution in [2.45, 2.75) is 6.04 Å². The summed E-state index contributed by atoms with van der Waals surface area (Å²) in [6.45, 7) is 0.122. The van der Waals surface area contributed by atoms with Gasteiger partial charge in [-0.2, -0.15) is 0 Å². The monoisotopic (exact) mass is 299 g/mol. The molecule has 1 unspecified atom stereocenters. The van der Waals surface area contributed by atoms with E-state index in [-0.39, 0.29) is 26.2 Å². The summed E-state index contributed by atoms with van der Waals surface area (Å²) in [6.07, 6.45) is 0. The number of urea groups is 1. The Balaban J connectivity index is 2.06. The second-order valence-electron chi connectivity index (χ2n) is 4.82. The average Bonchev–Trinajstić information content (AvgIpc) is 2.72. The molecule has 1 atom stereocenters. The van der Waals surface area contributed by atoms with Crippen molar-refractivity contribution >= 4 is 23.8 Å². The number of amides is 4. The van der Waals surface area contributed by atoms with Crippen LogP contribution in [0.3, 0.4) is 0 Å². The highest BCUT2D eigenvalue weighted by Gasteiger charge is 2.39. The van der Waals surface area contributed by atoms with Gasteiger partial charge in [0.25, 0.3) is 5.91 Å². The lowest BCUT2D eigenvalue weighted by Crippen LogP contribution is -2.55. The smallest absolute Gasteiger partial charge is 0.331 e. The van der Waals surface area contributed by atoms with E-state index in [4.69, 9.17) is 4.74 Å². The first-order chi connectivity index (χ1) is 9.95. The Kier molecular flexibility index (Phi) is 4.41. The zero-order valence-electron chi connectivity index (χ0n) is 11.9. The molecule has 0 bridgehead atoms. The van der Waals surface area contributed by atoms with Crippen LogP contribution in [0, 0.1) is 0 Å². The minimum atomic E-state index is -0.846. The van der Waals surface area contributed by atoms with Crippen molar-refractivity contribution < 1.29 is 28.7 Å². The van der Waals surface area contributed by atoms with Crippen molar-refractivity contribution in [3.05, 3.63) is 0 Å². The summed E-state index contributed by atoms with van der Waals surface area (Å²) in [5.41, 5.74) is 0. The third-order valence-electron chi connectivity index (χ3n) is 3.45. The Labute approximate surface area is 121 Å². The lowest BCUT2D eigenvalue weighted by atomic mass is 10.2. The highest BCUT2D eigenvalue weighted by atomic mass is 16.5. The predicted molar refractivity (Wildman–Crippen MR) is 68.1 cm³/mol. The van der Waals surface area contributed by atoms with Gasteiger partial charge in [0.1, 0.15) is 13.1 Å². The number of nitrogens with zero attached hydrogens (tertiary/aromatic N) is 3. The van der Waals surface area contributed by atoms with Crippen molar-refractivity contribution in [2.24, 2.45) is 0 Å². The van der Waals surface area contributed by atoms with Gasteiger partial charge in [0.2, 0.25) is 5.91 Å². The first-order valence-electron chi connectivity index (χ1n) is 6.46. The van der Waals surface area contributed by atoms with Crippen molar-refractivity contribution in [3.63, 3.8) is 0 Å². The number of hydrogen-bond acceptors (Lipinski definition) is 6. The van der Waals surface area contributed by atoms with Crippen LogP contribution >= 0.6 is 0 Å². The summed E-state index contributed by atoms with van der Waals surface area (Å²) in [5.74, 6) is -1.50. The molecule has 0 aromatic carbocycles. The Morgan fingerprint density at radius 2 is 2.10 bits per heavy atom. The molecule has 4 amide bonds. The van der Waals surface area contributed by atoms with E-state index in [9.17, 15) is 19.2 Å². The molecule has 0 aromatic heterocycles. The van der Waals surface area contributed by atoms with E-state index in [0.29, 0.717) is 6.61 Å². The molecule has 2 aliphatic heterocycles. The molecule has 2 heterocycles. The number of ether oxygens (including phenoxy) is 2. The standard InChI is InChI=1S/C12H17N3O6/c1-13-5-9(16)15(12(13)19)6-10(17)14-3-4-21-7-8(14)11(18)20-2/h8H,3-7H2,1-2H3. The van der Waals surface area contributed by atoms with Crippen LogP contribution in [-0.2, 0) is 23.9 Å². The van der Waals surface area contributed by atoms with Crippen LogP contribution in [-0.4, -0.2) is 91.6 Å². The summed E-state index contributed by atoms with van der Waals surface area (Å²) < 4.78 is 9.80. The molecular formula is C12H17N3O6. The number of imide groups is 1. The Morgan fingerprint density at radius 3 is 2.67 bits per heavy atom. The van der Waals surface area contributed by atoms with Crippen LogP contribution < -0.4 is 0 Å². The maximum Gasteiger partial charge on any atom is 0.331 e. The lowest BCUT2D eigenvalue weighted by Gasteiger charge is -2.34. The zero-order chi connectivity index (χ0) is 15.6.